The molecule has 0 aliphatic rings. The van der Waals surface area contributed by atoms with Crippen molar-refractivity contribution >= 4 is 5.97 Å². The minimum atomic E-state index is -0.900. The maximum atomic E-state index is 10.7. The van der Waals surface area contributed by atoms with Gasteiger partial charge in [-0.3, -0.25) is 10.1 Å². The molecule has 0 saturated carbocycles. The largest absolute Gasteiger partial charge is 0.504 e. The minimum Gasteiger partial charge on any atom is -0.504 e. The number of nitrogens with one attached hydrogen (secondary N) is 1. The molecule has 0 amide bonds. The Kier molecular flexibility index (Phi) is 4.34. The first-order chi connectivity index (χ1) is 7.95. The number of aromatic hydroxyl groups is 1. The smallest absolute Gasteiger partial charge is 0.320 e. The zero-order chi connectivity index (χ0) is 13.0. The van der Waals surface area contributed by atoms with Crippen molar-refractivity contribution in [3.8, 4) is 11.5 Å². The monoisotopic (exact) mass is 239 g/mol. The van der Waals surface area contributed by atoms with E-state index in [4.69, 9.17) is 9.84 Å². The summed E-state index contributed by atoms with van der Waals surface area (Å²) in [6.07, 6.45) is 0. The highest BCUT2D eigenvalue weighted by Gasteiger charge is 2.15. The molecule has 0 spiro atoms. The molecule has 17 heavy (non-hydrogen) atoms. The number of carbonyl (C=O) groups is 1. The van der Waals surface area contributed by atoms with Gasteiger partial charge in [0.1, 0.15) is 6.04 Å². The van der Waals surface area contributed by atoms with E-state index in [1.54, 1.807) is 19.1 Å². The number of ether oxygens (including phenoxy) is 1. The van der Waals surface area contributed by atoms with E-state index in [0.717, 1.165) is 5.56 Å². The molecular weight excluding hydrogens is 222 g/mol. The summed E-state index contributed by atoms with van der Waals surface area (Å²) in [7, 11) is 1.47. The predicted molar refractivity (Wildman–Crippen MR) is 63.3 cm³/mol. The van der Waals surface area contributed by atoms with Crippen LogP contribution in [0.4, 0.5) is 0 Å². The van der Waals surface area contributed by atoms with E-state index in [-0.39, 0.29) is 11.8 Å². The van der Waals surface area contributed by atoms with E-state index in [1.807, 2.05) is 6.92 Å². The topological polar surface area (TPSA) is 78.8 Å². The van der Waals surface area contributed by atoms with Gasteiger partial charge in [-0.05, 0) is 31.5 Å². The van der Waals surface area contributed by atoms with Crippen molar-refractivity contribution in [2.24, 2.45) is 0 Å². The van der Waals surface area contributed by atoms with Crippen molar-refractivity contribution in [3.63, 3.8) is 0 Å². The molecule has 3 N–H and O–H groups in total. The molecule has 5 nitrogen and oxygen atoms in total. The lowest BCUT2D eigenvalue weighted by atomic mass is 10.1. The second-order valence-corrected chi connectivity index (χ2v) is 3.88. The van der Waals surface area contributed by atoms with Crippen LogP contribution in [0, 0.1) is 0 Å². The standard InChI is InChI=1S/C12H17NO4/c1-7(13-8(2)12(15)16)9-4-5-10(14)11(6-9)17-3/h4-8,13-14H,1-3H3,(H,15,16). The van der Waals surface area contributed by atoms with Crippen LogP contribution in [0.3, 0.4) is 0 Å². The average molecular weight is 239 g/mol. The van der Waals surface area contributed by atoms with Gasteiger partial charge in [-0.25, -0.2) is 0 Å². The molecule has 0 aromatic heterocycles. The van der Waals surface area contributed by atoms with Crippen molar-refractivity contribution in [3.05, 3.63) is 23.8 Å². The quantitative estimate of drug-likeness (QED) is 0.726. The van der Waals surface area contributed by atoms with Gasteiger partial charge >= 0.3 is 5.97 Å². The highest BCUT2D eigenvalue weighted by molar-refractivity contribution is 5.72. The Morgan fingerprint density at radius 3 is 2.59 bits per heavy atom. The number of rotatable bonds is 5. The molecule has 0 bridgehead atoms. The van der Waals surface area contributed by atoms with Gasteiger partial charge in [-0.2, -0.15) is 0 Å². The highest BCUT2D eigenvalue weighted by Crippen LogP contribution is 2.28. The minimum absolute atomic E-state index is 0.0646. The van der Waals surface area contributed by atoms with E-state index in [2.05, 4.69) is 5.32 Å². The van der Waals surface area contributed by atoms with Gasteiger partial charge in [0.15, 0.2) is 11.5 Å². The molecule has 0 radical (unpaired) electrons. The van der Waals surface area contributed by atoms with Crippen LogP contribution < -0.4 is 10.1 Å². The van der Waals surface area contributed by atoms with Crippen LogP contribution >= 0.6 is 0 Å². The first-order valence-corrected chi connectivity index (χ1v) is 5.31. The lowest BCUT2D eigenvalue weighted by Gasteiger charge is -2.18. The second-order valence-electron chi connectivity index (χ2n) is 3.88. The number of methoxy groups -OCH3 is 1. The molecule has 1 aromatic carbocycles. The predicted octanol–water partition coefficient (Wildman–Crippen LogP) is 1.52. The van der Waals surface area contributed by atoms with Crippen molar-refractivity contribution in [1.29, 1.82) is 0 Å². The van der Waals surface area contributed by atoms with Gasteiger partial charge in [-0.15, -0.1) is 0 Å². The molecule has 0 fully saturated rings. The fraction of sp³-hybridized carbons (Fsp3) is 0.417. The number of carboxylic acids is 1. The summed E-state index contributed by atoms with van der Waals surface area (Å²) in [5.41, 5.74) is 0.854. The Morgan fingerprint density at radius 2 is 2.06 bits per heavy atom. The van der Waals surface area contributed by atoms with Crippen molar-refractivity contribution in [2.75, 3.05) is 7.11 Å². The van der Waals surface area contributed by atoms with Gasteiger partial charge in [0.25, 0.3) is 0 Å². The molecule has 1 aromatic rings. The molecule has 0 saturated heterocycles. The van der Waals surface area contributed by atoms with E-state index in [9.17, 15) is 9.90 Å². The first kappa shape index (κ1) is 13.3. The summed E-state index contributed by atoms with van der Waals surface area (Å²) < 4.78 is 4.99. The Hall–Kier alpha value is -1.75. The average Bonchev–Trinajstić information content (AvgIpc) is 2.29. The Balaban J connectivity index is 2.82. The summed E-state index contributed by atoms with van der Waals surface area (Å²) in [5, 5.41) is 21.2. The SMILES string of the molecule is COc1cc(C(C)NC(C)C(=O)O)ccc1O. The third kappa shape index (κ3) is 3.35. The summed E-state index contributed by atoms with van der Waals surface area (Å²) >= 11 is 0. The molecule has 0 aliphatic heterocycles. The fourth-order valence-electron chi connectivity index (χ4n) is 1.51. The third-order valence-corrected chi connectivity index (χ3v) is 2.57. The molecule has 0 heterocycles. The van der Waals surface area contributed by atoms with Crippen LogP contribution in [-0.4, -0.2) is 29.3 Å². The Labute approximate surface area is 100 Å². The molecule has 5 heteroatoms. The third-order valence-electron chi connectivity index (χ3n) is 2.57. The van der Waals surface area contributed by atoms with Crippen LogP contribution in [0.5, 0.6) is 11.5 Å². The summed E-state index contributed by atoms with van der Waals surface area (Å²) in [4.78, 5) is 10.7. The molecular formula is C12H17NO4. The van der Waals surface area contributed by atoms with Gasteiger partial charge in [-0.1, -0.05) is 6.07 Å². The number of carboxylic acid groups (broad SMARTS) is 1. The van der Waals surface area contributed by atoms with Crippen molar-refractivity contribution in [1.82, 2.24) is 5.32 Å². The zero-order valence-corrected chi connectivity index (χ0v) is 10.1. The number of aliphatic carboxylic acids is 1. The number of phenolic OH excluding ortho intramolecular Hbond substituents is 1. The maximum Gasteiger partial charge on any atom is 0.320 e. The van der Waals surface area contributed by atoms with Crippen molar-refractivity contribution < 1.29 is 19.7 Å². The van der Waals surface area contributed by atoms with E-state index in [1.165, 1.54) is 13.2 Å². The van der Waals surface area contributed by atoms with Crippen LogP contribution in [0.2, 0.25) is 0 Å². The van der Waals surface area contributed by atoms with Crippen molar-refractivity contribution in [2.45, 2.75) is 25.9 Å². The second kappa shape index (κ2) is 5.54. The van der Waals surface area contributed by atoms with E-state index < -0.39 is 12.0 Å². The summed E-state index contributed by atoms with van der Waals surface area (Å²) in [6, 6.07) is 4.16. The molecule has 2 atom stereocenters. The fourth-order valence-corrected chi connectivity index (χ4v) is 1.51. The number of phenols is 1. The molecule has 0 aliphatic carbocycles. The number of benzene rings is 1. The van der Waals surface area contributed by atoms with Gasteiger partial charge < -0.3 is 14.9 Å². The van der Waals surface area contributed by atoms with Crippen LogP contribution in [-0.2, 0) is 4.79 Å². The maximum absolute atomic E-state index is 10.7. The van der Waals surface area contributed by atoms with Gasteiger partial charge in [0.2, 0.25) is 0 Å². The Morgan fingerprint density at radius 1 is 1.41 bits per heavy atom. The normalized spacial score (nSPS) is 14.1. The first-order valence-electron chi connectivity index (χ1n) is 5.31. The highest BCUT2D eigenvalue weighted by atomic mass is 16.5. The van der Waals surface area contributed by atoms with Gasteiger partial charge in [0.05, 0.1) is 7.11 Å². The number of hydrogen-bond donors (Lipinski definition) is 3. The zero-order valence-electron chi connectivity index (χ0n) is 10.1. The molecule has 2 unspecified atom stereocenters. The summed E-state index contributed by atoms with van der Waals surface area (Å²) in [6.45, 7) is 3.43. The lowest BCUT2D eigenvalue weighted by Crippen LogP contribution is -2.35. The number of hydrogen-bond acceptors (Lipinski definition) is 4. The molecule has 1 rings (SSSR count). The van der Waals surface area contributed by atoms with Gasteiger partial charge in [0, 0.05) is 6.04 Å². The van der Waals surface area contributed by atoms with E-state index in [0.29, 0.717) is 5.75 Å². The van der Waals surface area contributed by atoms with Crippen LogP contribution in [0.15, 0.2) is 18.2 Å². The lowest BCUT2D eigenvalue weighted by molar-refractivity contribution is -0.139. The molecule has 94 valence electrons. The van der Waals surface area contributed by atoms with Crippen LogP contribution in [0.25, 0.3) is 0 Å². The summed E-state index contributed by atoms with van der Waals surface area (Å²) in [5.74, 6) is -0.462. The van der Waals surface area contributed by atoms with Crippen LogP contribution in [0.1, 0.15) is 25.5 Å². The Bertz CT molecular complexity index is 405. The van der Waals surface area contributed by atoms with E-state index >= 15 is 0 Å².